The first-order valence-electron chi connectivity index (χ1n) is 9.54. The van der Waals surface area contributed by atoms with E-state index in [2.05, 4.69) is 0 Å². The molecule has 1 aliphatic rings. The van der Waals surface area contributed by atoms with Gasteiger partial charge >= 0.3 is 0 Å². The van der Waals surface area contributed by atoms with E-state index in [1.165, 1.54) is 16.7 Å². The van der Waals surface area contributed by atoms with Crippen molar-refractivity contribution >= 4 is 34.8 Å². The molecule has 0 fully saturated rings. The van der Waals surface area contributed by atoms with E-state index in [0.717, 1.165) is 28.9 Å². The number of benzene rings is 2. The van der Waals surface area contributed by atoms with Crippen molar-refractivity contribution in [2.24, 2.45) is 0 Å². The topological polar surface area (TPSA) is 46.6 Å². The Morgan fingerprint density at radius 2 is 1.79 bits per heavy atom. The average Bonchev–Trinajstić information content (AvgIpc) is 2.91. The summed E-state index contributed by atoms with van der Waals surface area (Å²) in [5.74, 6) is 0.834. The molecule has 5 heteroatoms. The van der Waals surface area contributed by atoms with Gasteiger partial charge in [0, 0.05) is 6.07 Å². The maximum Gasteiger partial charge on any atom is 0.272 e. The van der Waals surface area contributed by atoms with Crippen molar-refractivity contribution in [1.82, 2.24) is 0 Å². The second-order valence-electron chi connectivity index (χ2n) is 6.75. The number of rotatable bonds is 7. The highest BCUT2D eigenvalue weighted by Gasteiger charge is 2.40. The number of hydrogen-bond donors (Lipinski definition) is 0. The number of amides is 2. The van der Waals surface area contributed by atoms with Crippen LogP contribution in [0.2, 0.25) is 0 Å². The summed E-state index contributed by atoms with van der Waals surface area (Å²) < 4.78 is 5.68. The minimum absolute atomic E-state index is 0.264. The third-order valence-corrected chi connectivity index (χ3v) is 5.49. The van der Waals surface area contributed by atoms with Gasteiger partial charge in [-0.05, 0) is 49.3 Å². The predicted octanol–water partition coefficient (Wildman–Crippen LogP) is 5.13. The van der Waals surface area contributed by atoms with Crippen molar-refractivity contribution in [3.63, 3.8) is 0 Å². The van der Waals surface area contributed by atoms with Crippen LogP contribution >= 0.6 is 11.8 Å². The van der Waals surface area contributed by atoms with Crippen molar-refractivity contribution in [3.8, 4) is 5.75 Å². The zero-order valence-corrected chi connectivity index (χ0v) is 17.6. The Labute approximate surface area is 170 Å². The van der Waals surface area contributed by atoms with E-state index < -0.39 is 0 Å². The molecule has 0 unspecified atom stereocenters. The Bertz CT molecular complexity index is 949. The number of ether oxygens (including phenoxy) is 1. The molecular formula is C23H25NO3S. The van der Waals surface area contributed by atoms with Crippen LogP contribution in [0.25, 0.3) is 5.57 Å². The van der Waals surface area contributed by atoms with Gasteiger partial charge in [0.15, 0.2) is 0 Å². The molecule has 1 aliphatic heterocycles. The lowest BCUT2D eigenvalue weighted by Crippen LogP contribution is -2.31. The number of hydrogen-bond acceptors (Lipinski definition) is 4. The molecule has 1 heterocycles. The zero-order valence-electron chi connectivity index (χ0n) is 16.7. The van der Waals surface area contributed by atoms with Crippen LogP contribution in [-0.2, 0) is 9.59 Å². The van der Waals surface area contributed by atoms with E-state index in [4.69, 9.17) is 4.74 Å². The molecule has 0 bridgehead atoms. The van der Waals surface area contributed by atoms with E-state index in [1.807, 2.05) is 58.0 Å². The SMILES string of the molecule is CCCOc1cccc(N2C(=O)C(SCC)=C(c3ccc(C)cc3C)C2=O)c1. The number of carbonyl (C=O) groups excluding carboxylic acids is 2. The molecule has 0 radical (unpaired) electrons. The lowest BCUT2D eigenvalue weighted by Gasteiger charge is -2.17. The van der Waals surface area contributed by atoms with Crippen molar-refractivity contribution < 1.29 is 14.3 Å². The minimum atomic E-state index is -0.277. The Morgan fingerprint density at radius 1 is 1.00 bits per heavy atom. The fourth-order valence-electron chi connectivity index (χ4n) is 3.29. The summed E-state index contributed by atoms with van der Waals surface area (Å²) in [6.07, 6.45) is 0.890. The Kier molecular flexibility index (Phi) is 6.25. The largest absolute Gasteiger partial charge is 0.494 e. The van der Waals surface area contributed by atoms with E-state index >= 15 is 0 Å². The molecular weight excluding hydrogens is 370 g/mol. The highest BCUT2D eigenvalue weighted by atomic mass is 32.2. The summed E-state index contributed by atoms with van der Waals surface area (Å²) in [7, 11) is 0. The fourth-order valence-corrected chi connectivity index (χ4v) is 4.13. The summed E-state index contributed by atoms with van der Waals surface area (Å²) >= 11 is 1.42. The van der Waals surface area contributed by atoms with Gasteiger partial charge in [-0.2, -0.15) is 0 Å². The number of anilines is 1. The number of thioether (sulfide) groups is 1. The highest BCUT2D eigenvalue weighted by molar-refractivity contribution is 8.04. The summed E-state index contributed by atoms with van der Waals surface area (Å²) in [5, 5.41) is 0. The number of imide groups is 1. The van der Waals surface area contributed by atoms with Crippen molar-refractivity contribution in [2.45, 2.75) is 34.1 Å². The molecule has 2 amide bonds. The smallest absolute Gasteiger partial charge is 0.272 e. The summed E-state index contributed by atoms with van der Waals surface area (Å²) in [4.78, 5) is 28.3. The second kappa shape index (κ2) is 8.65. The lowest BCUT2D eigenvalue weighted by molar-refractivity contribution is -0.119. The molecule has 4 nitrogen and oxygen atoms in total. The van der Waals surface area contributed by atoms with Gasteiger partial charge in [-0.25, -0.2) is 4.90 Å². The maximum atomic E-state index is 13.4. The van der Waals surface area contributed by atoms with Crippen LogP contribution in [0, 0.1) is 13.8 Å². The Balaban J connectivity index is 2.04. The quantitative estimate of drug-likeness (QED) is 0.610. The van der Waals surface area contributed by atoms with Crippen LogP contribution in [0.5, 0.6) is 5.75 Å². The molecule has 2 aromatic carbocycles. The van der Waals surface area contributed by atoms with E-state index in [-0.39, 0.29) is 11.8 Å². The van der Waals surface area contributed by atoms with Gasteiger partial charge in [0.2, 0.25) is 0 Å². The Hall–Kier alpha value is -2.53. The average molecular weight is 396 g/mol. The minimum Gasteiger partial charge on any atom is -0.494 e. The van der Waals surface area contributed by atoms with Gasteiger partial charge in [0.05, 0.1) is 22.8 Å². The highest BCUT2D eigenvalue weighted by Crippen LogP contribution is 2.40. The van der Waals surface area contributed by atoms with Gasteiger partial charge in [-0.1, -0.05) is 43.7 Å². The normalized spacial score (nSPS) is 14.2. The predicted molar refractivity (Wildman–Crippen MR) is 116 cm³/mol. The van der Waals surface area contributed by atoms with Crippen molar-refractivity contribution in [1.29, 1.82) is 0 Å². The number of nitrogens with zero attached hydrogens (tertiary/aromatic N) is 1. The molecule has 0 saturated heterocycles. The lowest BCUT2D eigenvalue weighted by atomic mass is 9.99. The first-order valence-corrected chi connectivity index (χ1v) is 10.5. The molecule has 0 aromatic heterocycles. The van der Waals surface area contributed by atoms with Crippen LogP contribution in [0.15, 0.2) is 47.4 Å². The summed E-state index contributed by atoms with van der Waals surface area (Å²) in [6, 6.07) is 13.1. The molecule has 2 aromatic rings. The molecule has 0 aliphatic carbocycles. The summed E-state index contributed by atoms with van der Waals surface area (Å²) in [5.41, 5.74) is 3.97. The molecule has 0 spiro atoms. The van der Waals surface area contributed by atoms with Gasteiger partial charge in [-0.15, -0.1) is 11.8 Å². The fraction of sp³-hybridized carbons (Fsp3) is 0.304. The first-order chi connectivity index (χ1) is 13.5. The first kappa shape index (κ1) is 20.2. The standard InChI is InChI=1S/C23H25NO3S/c1-5-12-27-18-9-7-8-17(14-18)24-22(25)20(21(23(24)26)28-6-2)19-11-10-15(3)13-16(19)4/h7-11,13-14H,5-6,12H2,1-4H3. The van der Waals surface area contributed by atoms with Gasteiger partial charge in [0.1, 0.15) is 5.75 Å². The van der Waals surface area contributed by atoms with Crippen LogP contribution in [-0.4, -0.2) is 24.2 Å². The van der Waals surface area contributed by atoms with Gasteiger partial charge in [-0.3, -0.25) is 9.59 Å². The number of aryl methyl sites for hydroxylation is 2. The third-order valence-electron chi connectivity index (χ3n) is 4.53. The third kappa shape index (κ3) is 3.85. The van der Waals surface area contributed by atoms with E-state index in [0.29, 0.717) is 28.5 Å². The van der Waals surface area contributed by atoms with Crippen LogP contribution < -0.4 is 9.64 Å². The van der Waals surface area contributed by atoms with Gasteiger partial charge in [0.25, 0.3) is 11.8 Å². The van der Waals surface area contributed by atoms with Crippen LogP contribution in [0.3, 0.4) is 0 Å². The Morgan fingerprint density at radius 3 is 2.46 bits per heavy atom. The van der Waals surface area contributed by atoms with E-state index in [1.54, 1.807) is 12.1 Å². The van der Waals surface area contributed by atoms with E-state index in [9.17, 15) is 9.59 Å². The van der Waals surface area contributed by atoms with Crippen molar-refractivity contribution in [2.75, 3.05) is 17.3 Å². The monoisotopic (exact) mass is 395 g/mol. The molecule has 146 valence electrons. The second-order valence-corrected chi connectivity index (χ2v) is 8.02. The molecule has 0 saturated carbocycles. The van der Waals surface area contributed by atoms with Gasteiger partial charge < -0.3 is 4.74 Å². The zero-order chi connectivity index (χ0) is 20.3. The molecule has 3 rings (SSSR count). The molecule has 28 heavy (non-hydrogen) atoms. The maximum absolute atomic E-state index is 13.4. The van der Waals surface area contributed by atoms with Crippen molar-refractivity contribution in [3.05, 3.63) is 64.1 Å². The van der Waals surface area contributed by atoms with Crippen LogP contribution in [0.4, 0.5) is 5.69 Å². The summed E-state index contributed by atoms with van der Waals surface area (Å²) in [6.45, 7) is 8.60. The molecule has 0 N–H and O–H groups in total. The van der Waals surface area contributed by atoms with Crippen LogP contribution in [0.1, 0.15) is 37.0 Å². The molecule has 0 atom stereocenters. The number of carbonyl (C=O) groups is 2.